The fraction of sp³-hybridized carbons (Fsp3) is 0.357. The highest BCUT2D eigenvalue weighted by atomic mass is 32.2. The van der Waals surface area contributed by atoms with Crippen LogP contribution in [0.5, 0.6) is 0 Å². The van der Waals surface area contributed by atoms with Crippen LogP contribution in [0.2, 0.25) is 0 Å². The molecule has 10 nitrogen and oxygen atoms in total. The maximum Gasteiger partial charge on any atom is 0.302 e. The molecule has 0 unspecified atom stereocenters. The Bertz CT molecular complexity index is 865. The SMILES string of the molecule is CS(=O)(=O)N1CCN(C(=O)c2coc(NC(=O)c3ccco3)n2)CC1. The van der Waals surface area contributed by atoms with Gasteiger partial charge in [0.05, 0.1) is 12.5 Å². The van der Waals surface area contributed by atoms with Gasteiger partial charge < -0.3 is 13.7 Å². The number of hydrogen-bond acceptors (Lipinski definition) is 7. The molecule has 0 saturated carbocycles. The highest BCUT2D eigenvalue weighted by molar-refractivity contribution is 7.88. The van der Waals surface area contributed by atoms with E-state index in [-0.39, 0.29) is 43.6 Å². The zero-order chi connectivity index (χ0) is 18.0. The first-order valence-corrected chi connectivity index (χ1v) is 9.24. The summed E-state index contributed by atoms with van der Waals surface area (Å²) in [4.78, 5) is 29.6. The molecule has 2 aromatic heterocycles. The Morgan fingerprint density at radius 1 is 1.20 bits per heavy atom. The summed E-state index contributed by atoms with van der Waals surface area (Å²) in [6.07, 6.45) is 3.63. The van der Waals surface area contributed by atoms with Crippen LogP contribution < -0.4 is 5.32 Å². The molecule has 0 radical (unpaired) electrons. The lowest BCUT2D eigenvalue weighted by atomic mass is 10.3. The number of aromatic nitrogens is 1. The van der Waals surface area contributed by atoms with Crippen molar-refractivity contribution in [3.05, 3.63) is 36.1 Å². The average molecular weight is 368 g/mol. The van der Waals surface area contributed by atoms with Crippen LogP contribution in [-0.2, 0) is 10.0 Å². The number of rotatable bonds is 4. The fourth-order valence-electron chi connectivity index (χ4n) is 2.38. The predicted octanol–water partition coefficient (Wildman–Crippen LogP) is 0.237. The second-order valence-electron chi connectivity index (χ2n) is 5.42. The Morgan fingerprint density at radius 2 is 1.92 bits per heavy atom. The van der Waals surface area contributed by atoms with E-state index in [0.717, 1.165) is 12.5 Å². The van der Waals surface area contributed by atoms with Crippen LogP contribution in [0.15, 0.2) is 33.5 Å². The number of sulfonamides is 1. The molecule has 1 fully saturated rings. The van der Waals surface area contributed by atoms with Crippen molar-refractivity contribution >= 4 is 27.9 Å². The van der Waals surface area contributed by atoms with E-state index in [4.69, 9.17) is 8.83 Å². The number of oxazole rings is 1. The number of amides is 2. The Labute approximate surface area is 143 Å². The molecular weight excluding hydrogens is 352 g/mol. The fourth-order valence-corrected chi connectivity index (χ4v) is 3.21. The summed E-state index contributed by atoms with van der Waals surface area (Å²) in [7, 11) is -3.27. The Kier molecular flexibility index (Phi) is 4.59. The Hall–Kier alpha value is -2.66. The molecule has 2 aromatic rings. The average Bonchev–Trinajstić information content (AvgIpc) is 3.25. The lowest BCUT2D eigenvalue weighted by molar-refractivity contribution is 0.0692. The van der Waals surface area contributed by atoms with E-state index in [9.17, 15) is 18.0 Å². The van der Waals surface area contributed by atoms with Gasteiger partial charge >= 0.3 is 6.01 Å². The number of furan rings is 1. The van der Waals surface area contributed by atoms with Gasteiger partial charge in [-0.2, -0.15) is 9.29 Å². The number of piperazine rings is 1. The number of nitrogens with zero attached hydrogens (tertiary/aromatic N) is 3. The third kappa shape index (κ3) is 3.88. The van der Waals surface area contributed by atoms with E-state index in [0.29, 0.717) is 0 Å². The molecule has 0 aliphatic carbocycles. The number of anilines is 1. The van der Waals surface area contributed by atoms with Crippen LogP contribution >= 0.6 is 0 Å². The third-order valence-corrected chi connectivity index (χ3v) is 4.99. The first-order valence-electron chi connectivity index (χ1n) is 7.39. The van der Waals surface area contributed by atoms with E-state index in [1.54, 1.807) is 6.07 Å². The Balaban J connectivity index is 1.61. The minimum atomic E-state index is -3.27. The monoisotopic (exact) mass is 368 g/mol. The summed E-state index contributed by atoms with van der Waals surface area (Å²) in [5.74, 6) is -0.856. The second kappa shape index (κ2) is 6.69. The van der Waals surface area contributed by atoms with Crippen molar-refractivity contribution in [2.75, 3.05) is 37.8 Å². The van der Waals surface area contributed by atoms with E-state index < -0.39 is 21.8 Å². The summed E-state index contributed by atoms with van der Waals surface area (Å²) in [5, 5.41) is 2.38. The molecule has 3 rings (SSSR count). The molecule has 1 N–H and O–H groups in total. The highest BCUT2D eigenvalue weighted by Gasteiger charge is 2.28. The van der Waals surface area contributed by atoms with Crippen molar-refractivity contribution in [3.8, 4) is 0 Å². The first-order chi connectivity index (χ1) is 11.8. The number of carbonyl (C=O) groups is 2. The van der Waals surface area contributed by atoms with Gasteiger partial charge in [-0.05, 0) is 12.1 Å². The molecule has 0 bridgehead atoms. The predicted molar refractivity (Wildman–Crippen MR) is 85.5 cm³/mol. The van der Waals surface area contributed by atoms with Gasteiger partial charge in [-0.3, -0.25) is 14.9 Å². The topological polar surface area (TPSA) is 126 Å². The van der Waals surface area contributed by atoms with Gasteiger partial charge in [0, 0.05) is 26.2 Å². The minimum Gasteiger partial charge on any atom is -0.459 e. The van der Waals surface area contributed by atoms with Crippen LogP contribution in [-0.4, -0.2) is 66.9 Å². The number of hydrogen-bond donors (Lipinski definition) is 1. The molecule has 1 aliphatic heterocycles. The third-order valence-electron chi connectivity index (χ3n) is 3.68. The van der Waals surface area contributed by atoms with E-state index in [1.165, 1.54) is 21.5 Å². The van der Waals surface area contributed by atoms with Crippen LogP contribution in [0.4, 0.5) is 6.01 Å². The second-order valence-corrected chi connectivity index (χ2v) is 7.41. The summed E-state index contributed by atoms with van der Waals surface area (Å²) in [6, 6.07) is 2.92. The van der Waals surface area contributed by atoms with Gasteiger partial charge in [0.25, 0.3) is 11.8 Å². The lowest BCUT2D eigenvalue weighted by Crippen LogP contribution is -2.50. The summed E-state index contributed by atoms with van der Waals surface area (Å²) in [6.45, 7) is 0.967. The standard InChI is InChI=1S/C14H16N4O6S/c1-25(21,22)18-6-4-17(5-7-18)13(20)10-9-24-14(15-10)16-12(19)11-3-2-8-23-11/h2-3,8-9H,4-7H2,1H3,(H,15,16,19). The Morgan fingerprint density at radius 3 is 2.52 bits per heavy atom. The number of nitrogens with one attached hydrogen (secondary N) is 1. The van der Waals surface area contributed by atoms with Crippen LogP contribution in [0.25, 0.3) is 0 Å². The molecule has 0 atom stereocenters. The van der Waals surface area contributed by atoms with Crippen molar-refractivity contribution in [3.63, 3.8) is 0 Å². The van der Waals surface area contributed by atoms with Crippen LogP contribution in [0.3, 0.4) is 0 Å². The molecule has 1 saturated heterocycles. The maximum absolute atomic E-state index is 12.4. The van der Waals surface area contributed by atoms with Crippen LogP contribution in [0.1, 0.15) is 21.0 Å². The van der Waals surface area contributed by atoms with Gasteiger partial charge in [0.2, 0.25) is 10.0 Å². The minimum absolute atomic E-state index is 0.0301. The van der Waals surface area contributed by atoms with Gasteiger partial charge in [-0.15, -0.1) is 0 Å². The summed E-state index contributed by atoms with van der Waals surface area (Å²) >= 11 is 0. The molecule has 11 heteroatoms. The largest absolute Gasteiger partial charge is 0.459 e. The van der Waals surface area contributed by atoms with Gasteiger partial charge in [0.1, 0.15) is 6.26 Å². The summed E-state index contributed by atoms with van der Waals surface area (Å²) < 4.78 is 34.3. The van der Waals surface area contributed by atoms with Crippen molar-refractivity contribution < 1.29 is 26.8 Å². The molecule has 3 heterocycles. The zero-order valence-electron chi connectivity index (χ0n) is 13.3. The highest BCUT2D eigenvalue weighted by Crippen LogP contribution is 2.14. The normalized spacial score (nSPS) is 16.0. The maximum atomic E-state index is 12.4. The van der Waals surface area contributed by atoms with Crippen molar-refractivity contribution in [1.82, 2.24) is 14.2 Å². The summed E-state index contributed by atoms with van der Waals surface area (Å²) in [5.41, 5.74) is 0.0301. The van der Waals surface area contributed by atoms with Gasteiger partial charge in [0.15, 0.2) is 11.5 Å². The van der Waals surface area contributed by atoms with Crippen molar-refractivity contribution in [2.24, 2.45) is 0 Å². The zero-order valence-corrected chi connectivity index (χ0v) is 14.2. The molecule has 0 aromatic carbocycles. The van der Waals surface area contributed by atoms with E-state index in [1.807, 2.05) is 0 Å². The lowest BCUT2D eigenvalue weighted by Gasteiger charge is -2.32. The van der Waals surface area contributed by atoms with E-state index in [2.05, 4.69) is 10.3 Å². The van der Waals surface area contributed by atoms with Gasteiger partial charge in [-0.1, -0.05) is 0 Å². The molecular formula is C14H16N4O6S. The quantitative estimate of drug-likeness (QED) is 0.819. The molecule has 2 amide bonds. The van der Waals surface area contributed by atoms with E-state index >= 15 is 0 Å². The van der Waals surface area contributed by atoms with Crippen LogP contribution in [0, 0.1) is 0 Å². The molecule has 0 spiro atoms. The van der Waals surface area contributed by atoms with Gasteiger partial charge in [-0.25, -0.2) is 8.42 Å². The van der Waals surface area contributed by atoms with Crippen molar-refractivity contribution in [2.45, 2.75) is 0 Å². The first kappa shape index (κ1) is 17.2. The molecule has 25 heavy (non-hydrogen) atoms. The molecule has 1 aliphatic rings. The van der Waals surface area contributed by atoms with Crippen molar-refractivity contribution in [1.29, 1.82) is 0 Å². The number of carbonyl (C=O) groups excluding carboxylic acids is 2. The smallest absolute Gasteiger partial charge is 0.302 e. The molecule has 134 valence electrons.